The van der Waals surface area contributed by atoms with Crippen molar-refractivity contribution in [2.45, 2.75) is 6.42 Å². The molecule has 1 aromatic heterocycles. The number of aromatic amines is 1. The summed E-state index contributed by atoms with van der Waals surface area (Å²) in [6, 6.07) is 9.68. The molecule has 0 radical (unpaired) electrons. The van der Waals surface area contributed by atoms with Crippen molar-refractivity contribution in [3.8, 4) is 23.2 Å². The largest absolute Gasteiger partial charge is 0.497 e. The van der Waals surface area contributed by atoms with Gasteiger partial charge in [0.1, 0.15) is 11.6 Å². The zero-order chi connectivity index (χ0) is 11.4. The van der Waals surface area contributed by atoms with E-state index in [1.165, 1.54) is 0 Å². The maximum Gasteiger partial charge on any atom is 0.137 e. The first-order valence-corrected chi connectivity index (χ1v) is 4.88. The number of nitrogens with zero attached hydrogens (tertiary/aromatic N) is 2. The Morgan fingerprint density at radius 2 is 2.12 bits per heavy atom. The average Bonchev–Trinajstić information content (AvgIpc) is 2.78. The molecule has 1 N–H and O–H groups in total. The van der Waals surface area contributed by atoms with Crippen molar-refractivity contribution < 1.29 is 4.74 Å². The van der Waals surface area contributed by atoms with E-state index < -0.39 is 0 Å². The molecule has 0 saturated heterocycles. The number of rotatable bonds is 3. The van der Waals surface area contributed by atoms with Crippen LogP contribution in [0, 0.1) is 11.3 Å². The number of nitrogens with one attached hydrogen (secondary N) is 1. The second-order valence-electron chi connectivity index (χ2n) is 3.32. The van der Waals surface area contributed by atoms with Crippen molar-refractivity contribution in [2.75, 3.05) is 7.11 Å². The predicted molar refractivity (Wildman–Crippen MR) is 59.9 cm³/mol. The fraction of sp³-hybridized carbons (Fsp3) is 0.167. The topological polar surface area (TPSA) is 61.7 Å². The molecule has 0 aliphatic rings. The molecule has 80 valence electrons. The smallest absolute Gasteiger partial charge is 0.137 e. The third-order valence-corrected chi connectivity index (χ3v) is 2.26. The van der Waals surface area contributed by atoms with Crippen molar-refractivity contribution in [2.24, 2.45) is 0 Å². The first-order valence-electron chi connectivity index (χ1n) is 4.88. The number of benzene rings is 1. The summed E-state index contributed by atoms with van der Waals surface area (Å²) in [6.45, 7) is 0. The van der Waals surface area contributed by atoms with E-state index in [1.807, 2.05) is 24.3 Å². The van der Waals surface area contributed by atoms with E-state index in [2.05, 4.69) is 16.0 Å². The molecule has 0 unspecified atom stereocenters. The van der Waals surface area contributed by atoms with Gasteiger partial charge in [-0.25, -0.2) is 4.98 Å². The Morgan fingerprint density at radius 3 is 2.75 bits per heavy atom. The van der Waals surface area contributed by atoms with Crippen LogP contribution in [0.3, 0.4) is 0 Å². The lowest BCUT2D eigenvalue weighted by Gasteiger charge is -2.00. The maximum atomic E-state index is 8.55. The minimum Gasteiger partial charge on any atom is -0.497 e. The Balaban J connectivity index is 2.25. The van der Waals surface area contributed by atoms with Gasteiger partial charge in [0.05, 0.1) is 19.6 Å². The Kier molecular flexibility index (Phi) is 2.88. The molecule has 1 aromatic carbocycles. The van der Waals surface area contributed by atoms with E-state index in [-0.39, 0.29) is 0 Å². The van der Waals surface area contributed by atoms with Crippen LogP contribution >= 0.6 is 0 Å². The van der Waals surface area contributed by atoms with E-state index in [0.717, 1.165) is 22.8 Å². The first kappa shape index (κ1) is 10.2. The number of hydrogen-bond acceptors (Lipinski definition) is 3. The van der Waals surface area contributed by atoms with Gasteiger partial charge in [0, 0.05) is 17.5 Å². The van der Waals surface area contributed by atoms with Gasteiger partial charge in [-0.1, -0.05) is 0 Å². The van der Waals surface area contributed by atoms with E-state index in [1.54, 1.807) is 13.3 Å². The Morgan fingerprint density at radius 1 is 1.38 bits per heavy atom. The molecular formula is C12H11N3O. The number of hydrogen-bond donors (Lipinski definition) is 1. The second kappa shape index (κ2) is 4.49. The number of ether oxygens (including phenoxy) is 1. The number of methoxy groups -OCH3 is 1. The third-order valence-electron chi connectivity index (χ3n) is 2.26. The standard InChI is InChI=1S/C12H11N3O/c1-16-11-4-2-9(3-5-11)12-14-8-10(15-12)6-7-13/h2-5,8H,6H2,1H3,(H,14,15). The molecule has 0 atom stereocenters. The van der Waals surface area contributed by atoms with E-state index in [4.69, 9.17) is 10.00 Å². The van der Waals surface area contributed by atoms with Gasteiger partial charge in [-0.05, 0) is 24.3 Å². The summed E-state index contributed by atoms with van der Waals surface area (Å²) < 4.78 is 5.08. The summed E-state index contributed by atoms with van der Waals surface area (Å²) in [5.74, 6) is 1.58. The molecule has 16 heavy (non-hydrogen) atoms. The van der Waals surface area contributed by atoms with Gasteiger partial charge in [-0.3, -0.25) is 0 Å². The highest BCUT2D eigenvalue weighted by Crippen LogP contribution is 2.19. The number of aromatic nitrogens is 2. The average molecular weight is 213 g/mol. The van der Waals surface area contributed by atoms with Crippen LogP contribution in [0.5, 0.6) is 5.75 Å². The molecular weight excluding hydrogens is 202 g/mol. The summed E-state index contributed by atoms with van der Waals surface area (Å²) in [4.78, 5) is 7.31. The Labute approximate surface area is 93.5 Å². The molecule has 0 spiro atoms. The quantitative estimate of drug-likeness (QED) is 0.849. The lowest BCUT2D eigenvalue weighted by Crippen LogP contribution is -1.85. The summed E-state index contributed by atoms with van der Waals surface area (Å²) in [6.07, 6.45) is 2.03. The van der Waals surface area contributed by atoms with Gasteiger partial charge in [0.2, 0.25) is 0 Å². The lowest BCUT2D eigenvalue weighted by atomic mass is 10.2. The Bertz CT molecular complexity index is 508. The predicted octanol–water partition coefficient (Wildman–Crippen LogP) is 2.15. The van der Waals surface area contributed by atoms with Crippen molar-refractivity contribution in [1.82, 2.24) is 9.97 Å². The molecule has 0 aliphatic heterocycles. The van der Waals surface area contributed by atoms with Gasteiger partial charge < -0.3 is 9.72 Å². The van der Waals surface area contributed by atoms with Crippen LogP contribution in [0.1, 0.15) is 5.69 Å². The minimum atomic E-state index is 0.350. The van der Waals surface area contributed by atoms with Gasteiger partial charge in [-0.2, -0.15) is 5.26 Å². The fourth-order valence-electron chi connectivity index (χ4n) is 1.43. The second-order valence-corrected chi connectivity index (χ2v) is 3.32. The molecule has 4 heteroatoms. The normalized spacial score (nSPS) is 9.75. The van der Waals surface area contributed by atoms with Gasteiger partial charge in [0.25, 0.3) is 0 Å². The van der Waals surface area contributed by atoms with Crippen LogP contribution in [0.4, 0.5) is 0 Å². The highest BCUT2D eigenvalue weighted by molar-refractivity contribution is 5.56. The van der Waals surface area contributed by atoms with Crippen molar-refractivity contribution >= 4 is 0 Å². The lowest BCUT2D eigenvalue weighted by molar-refractivity contribution is 0.415. The summed E-state index contributed by atoms with van der Waals surface area (Å²) >= 11 is 0. The monoisotopic (exact) mass is 213 g/mol. The van der Waals surface area contributed by atoms with Crippen molar-refractivity contribution in [3.05, 3.63) is 36.2 Å². The molecule has 0 fully saturated rings. The number of H-pyrrole nitrogens is 1. The molecule has 0 amide bonds. The first-order chi connectivity index (χ1) is 7.83. The van der Waals surface area contributed by atoms with Crippen LogP contribution in [0.25, 0.3) is 11.4 Å². The van der Waals surface area contributed by atoms with Crippen LogP contribution in [-0.2, 0) is 6.42 Å². The molecule has 0 bridgehead atoms. The van der Waals surface area contributed by atoms with Crippen LogP contribution in [0.15, 0.2) is 30.5 Å². The summed E-state index contributed by atoms with van der Waals surface area (Å²) in [7, 11) is 1.63. The Hall–Kier alpha value is -2.28. The molecule has 0 saturated carbocycles. The highest BCUT2D eigenvalue weighted by atomic mass is 16.5. The van der Waals surface area contributed by atoms with Crippen molar-refractivity contribution in [1.29, 1.82) is 5.26 Å². The minimum absolute atomic E-state index is 0.350. The van der Waals surface area contributed by atoms with E-state index in [9.17, 15) is 0 Å². The van der Waals surface area contributed by atoms with E-state index >= 15 is 0 Å². The molecule has 4 nitrogen and oxygen atoms in total. The molecule has 1 heterocycles. The van der Waals surface area contributed by atoms with Crippen molar-refractivity contribution in [3.63, 3.8) is 0 Å². The summed E-state index contributed by atoms with van der Waals surface area (Å²) in [5, 5.41) is 8.55. The van der Waals surface area contributed by atoms with Gasteiger partial charge in [0.15, 0.2) is 0 Å². The summed E-state index contributed by atoms with van der Waals surface area (Å²) in [5.41, 5.74) is 1.80. The van der Waals surface area contributed by atoms with Crippen LogP contribution in [0.2, 0.25) is 0 Å². The molecule has 2 rings (SSSR count). The fourth-order valence-corrected chi connectivity index (χ4v) is 1.43. The molecule has 2 aromatic rings. The van der Waals surface area contributed by atoms with Crippen LogP contribution in [-0.4, -0.2) is 17.1 Å². The van der Waals surface area contributed by atoms with E-state index in [0.29, 0.717) is 6.42 Å². The zero-order valence-electron chi connectivity index (χ0n) is 8.90. The number of nitriles is 1. The SMILES string of the molecule is COc1ccc(-c2ncc(CC#N)[nH]2)cc1. The third kappa shape index (κ3) is 2.04. The number of imidazole rings is 1. The molecule has 0 aliphatic carbocycles. The maximum absolute atomic E-state index is 8.55. The van der Waals surface area contributed by atoms with Gasteiger partial charge in [-0.15, -0.1) is 0 Å². The van der Waals surface area contributed by atoms with Gasteiger partial charge >= 0.3 is 0 Å². The highest BCUT2D eigenvalue weighted by Gasteiger charge is 2.03. The zero-order valence-corrected chi connectivity index (χ0v) is 8.90. The van der Waals surface area contributed by atoms with Crippen LogP contribution < -0.4 is 4.74 Å².